The van der Waals surface area contributed by atoms with E-state index in [-0.39, 0.29) is 17.9 Å². The third kappa shape index (κ3) is 4.31. The number of carbonyl (C=O) groups is 1. The van der Waals surface area contributed by atoms with Gasteiger partial charge in [0.25, 0.3) is 5.56 Å². The first kappa shape index (κ1) is 15.5. The summed E-state index contributed by atoms with van der Waals surface area (Å²) in [5, 5.41) is 8.79. The maximum Gasteiger partial charge on any atom is 0.303 e. The number of carboxylic acids is 1. The highest BCUT2D eigenvalue weighted by atomic mass is 16.4. The van der Waals surface area contributed by atoms with Gasteiger partial charge >= 0.3 is 5.97 Å². The van der Waals surface area contributed by atoms with Crippen molar-refractivity contribution in [2.75, 3.05) is 18.0 Å². The van der Waals surface area contributed by atoms with Crippen LogP contribution < -0.4 is 10.5 Å². The topological polar surface area (TPSA) is 86.3 Å². The molecule has 2 N–H and O–H groups in total. The first-order valence-electron chi connectivity index (χ1n) is 7.53. The number of aromatic nitrogens is 2. The van der Waals surface area contributed by atoms with Gasteiger partial charge in [-0.15, -0.1) is 0 Å². The lowest BCUT2D eigenvalue weighted by atomic mass is 9.93. The van der Waals surface area contributed by atoms with Crippen molar-refractivity contribution >= 4 is 11.8 Å². The first-order valence-corrected chi connectivity index (χ1v) is 7.53. The van der Waals surface area contributed by atoms with Crippen LogP contribution in [0.25, 0.3) is 0 Å². The molecule has 116 valence electrons. The number of H-pyrrole nitrogens is 1. The Balaban J connectivity index is 2.10. The number of carboxylic acid groups (broad SMARTS) is 1. The molecule has 1 aliphatic heterocycles. The molecule has 0 amide bonds. The zero-order valence-electron chi connectivity index (χ0n) is 12.6. The van der Waals surface area contributed by atoms with Crippen molar-refractivity contribution in [2.24, 2.45) is 5.92 Å². The number of nitrogens with zero attached hydrogens (tertiary/aromatic N) is 2. The number of anilines is 1. The highest BCUT2D eigenvalue weighted by molar-refractivity contribution is 5.66. The highest BCUT2D eigenvalue weighted by Crippen LogP contribution is 2.24. The summed E-state index contributed by atoms with van der Waals surface area (Å²) in [4.78, 5) is 31.9. The number of hydrogen-bond acceptors (Lipinski definition) is 4. The minimum Gasteiger partial charge on any atom is -0.481 e. The fraction of sp³-hybridized carbons (Fsp3) is 0.667. The molecule has 6 heteroatoms. The Kier molecular flexibility index (Phi) is 4.98. The molecule has 0 bridgehead atoms. The summed E-state index contributed by atoms with van der Waals surface area (Å²) < 4.78 is 0. The number of aliphatic carboxylic acids is 1. The van der Waals surface area contributed by atoms with Gasteiger partial charge in [0.05, 0.1) is 0 Å². The summed E-state index contributed by atoms with van der Waals surface area (Å²) in [6, 6.07) is 1.53. The summed E-state index contributed by atoms with van der Waals surface area (Å²) in [6.07, 6.45) is 2.95. The molecule has 1 aromatic heterocycles. The number of piperidine rings is 1. The summed E-state index contributed by atoms with van der Waals surface area (Å²) in [5.41, 5.74) is -0.128. The minimum absolute atomic E-state index is 0.128. The molecule has 21 heavy (non-hydrogen) atoms. The third-order valence-electron chi connectivity index (χ3n) is 3.90. The molecule has 1 unspecified atom stereocenters. The molecule has 1 atom stereocenters. The molecule has 0 spiro atoms. The van der Waals surface area contributed by atoms with Crippen LogP contribution in [0.5, 0.6) is 0 Å². The predicted molar refractivity (Wildman–Crippen MR) is 80.8 cm³/mol. The van der Waals surface area contributed by atoms with Gasteiger partial charge in [-0.05, 0) is 25.2 Å². The quantitative estimate of drug-likeness (QED) is 0.867. The molecule has 1 fully saturated rings. The van der Waals surface area contributed by atoms with Crippen LogP contribution in [-0.4, -0.2) is 34.1 Å². The van der Waals surface area contributed by atoms with Crippen molar-refractivity contribution < 1.29 is 9.90 Å². The summed E-state index contributed by atoms with van der Waals surface area (Å²) >= 11 is 0. The SMILES string of the molecule is CC(C)c1nc(N2CCCC(CCC(=O)O)C2)cc(=O)[nH]1. The molecule has 2 rings (SSSR count). The fourth-order valence-electron chi connectivity index (χ4n) is 2.74. The lowest BCUT2D eigenvalue weighted by Crippen LogP contribution is -2.37. The lowest BCUT2D eigenvalue weighted by Gasteiger charge is -2.33. The van der Waals surface area contributed by atoms with E-state index in [0.29, 0.717) is 24.0 Å². The average molecular weight is 293 g/mol. The Labute approximate surface area is 124 Å². The Hall–Kier alpha value is -1.85. The molecule has 0 aromatic carbocycles. The number of nitrogens with one attached hydrogen (secondary N) is 1. The molecule has 0 radical (unpaired) electrons. The van der Waals surface area contributed by atoms with Gasteiger partial charge in [0.15, 0.2) is 0 Å². The maximum atomic E-state index is 11.8. The average Bonchev–Trinajstić information content (AvgIpc) is 2.44. The standard InChI is InChI=1S/C15H23N3O3/c1-10(2)15-16-12(8-13(19)17-15)18-7-3-4-11(9-18)5-6-14(20)21/h8,10-11H,3-7,9H2,1-2H3,(H,20,21)(H,16,17,19). The van der Waals surface area contributed by atoms with E-state index in [4.69, 9.17) is 5.11 Å². The second-order valence-corrected chi connectivity index (χ2v) is 6.03. The third-order valence-corrected chi connectivity index (χ3v) is 3.90. The van der Waals surface area contributed by atoms with Gasteiger partial charge in [-0.1, -0.05) is 13.8 Å². The van der Waals surface area contributed by atoms with E-state index in [1.165, 1.54) is 6.07 Å². The molecule has 6 nitrogen and oxygen atoms in total. The van der Waals surface area contributed by atoms with Crippen molar-refractivity contribution in [2.45, 2.75) is 45.4 Å². The van der Waals surface area contributed by atoms with E-state index in [1.54, 1.807) is 0 Å². The molecule has 1 saturated heterocycles. The van der Waals surface area contributed by atoms with Crippen LogP contribution in [0.4, 0.5) is 5.82 Å². The highest BCUT2D eigenvalue weighted by Gasteiger charge is 2.22. The van der Waals surface area contributed by atoms with E-state index < -0.39 is 5.97 Å². The van der Waals surface area contributed by atoms with Crippen molar-refractivity contribution in [3.63, 3.8) is 0 Å². The zero-order chi connectivity index (χ0) is 15.4. The van der Waals surface area contributed by atoms with Crippen LogP contribution >= 0.6 is 0 Å². The van der Waals surface area contributed by atoms with Crippen LogP contribution in [0, 0.1) is 5.92 Å². The van der Waals surface area contributed by atoms with Gasteiger partial charge in [-0.2, -0.15) is 0 Å². The molecule has 1 aliphatic rings. The van der Waals surface area contributed by atoms with E-state index in [0.717, 1.165) is 25.9 Å². The van der Waals surface area contributed by atoms with Crippen molar-refractivity contribution in [1.82, 2.24) is 9.97 Å². The first-order chi connectivity index (χ1) is 9.95. The van der Waals surface area contributed by atoms with E-state index in [1.807, 2.05) is 13.8 Å². The van der Waals surface area contributed by atoms with Gasteiger partial charge in [0.1, 0.15) is 11.6 Å². The van der Waals surface area contributed by atoms with Gasteiger partial charge in [0.2, 0.25) is 0 Å². The molecule has 0 saturated carbocycles. The number of hydrogen-bond donors (Lipinski definition) is 2. The Morgan fingerprint density at radius 2 is 2.33 bits per heavy atom. The van der Waals surface area contributed by atoms with Crippen LogP contribution in [0.2, 0.25) is 0 Å². The summed E-state index contributed by atoms with van der Waals surface area (Å²) in [5.74, 6) is 1.19. The Morgan fingerprint density at radius 3 is 3.00 bits per heavy atom. The Bertz CT molecular complexity index is 553. The van der Waals surface area contributed by atoms with Crippen LogP contribution in [-0.2, 0) is 4.79 Å². The largest absolute Gasteiger partial charge is 0.481 e. The van der Waals surface area contributed by atoms with Crippen LogP contribution in [0.15, 0.2) is 10.9 Å². The summed E-state index contributed by atoms with van der Waals surface area (Å²) in [7, 11) is 0. The van der Waals surface area contributed by atoms with E-state index in [9.17, 15) is 9.59 Å². The second-order valence-electron chi connectivity index (χ2n) is 6.03. The second kappa shape index (κ2) is 6.74. The molecule has 0 aliphatic carbocycles. The van der Waals surface area contributed by atoms with Crippen molar-refractivity contribution in [1.29, 1.82) is 0 Å². The fourth-order valence-corrected chi connectivity index (χ4v) is 2.74. The van der Waals surface area contributed by atoms with Crippen molar-refractivity contribution in [3.8, 4) is 0 Å². The predicted octanol–water partition coefficient (Wildman–Crippen LogP) is 1.97. The van der Waals surface area contributed by atoms with E-state index in [2.05, 4.69) is 14.9 Å². The van der Waals surface area contributed by atoms with Crippen molar-refractivity contribution in [3.05, 3.63) is 22.2 Å². The van der Waals surface area contributed by atoms with Gasteiger partial charge in [0, 0.05) is 31.5 Å². The number of rotatable bonds is 5. The van der Waals surface area contributed by atoms with Gasteiger partial charge in [-0.25, -0.2) is 4.98 Å². The molecule has 2 heterocycles. The van der Waals surface area contributed by atoms with Crippen LogP contribution in [0.3, 0.4) is 0 Å². The Morgan fingerprint density at radius 1 is 1.57 bits per heavy atom. The summed E-state index contributed by atoms with van der Waals surface area (Å²) in [6.45, 7) is 5.64. The lowest BCUT2D eigenvalue weighted by molar-refractivity contribution is -0.137. The number of aromatic amines is 1. The molecular weight excluding hydrogens is 270 g/mol. The normalized spacial score (nSPS) is 19.0. The molecule has 1 aromatic rings. The monoisotopic (exact) mass is 293 g/mol. The molecular formula is C15H23N3O3. The van der Waals surface area contributed by atoms with Crippen LogP contribution in [0.1, 0.15) is 51.3 Å². The van der Waals surface area contributed by atoms with Gasteiger partial charge in [-0.3, -0.25) is 9.59 Å². The maximum absolute atomic E-state index is 11.8. The zero-order valence-corrected chi connectivity index (χ0v) is 12.6. The minimum atomic E-state index is -0.747. The smallest absolute Gasteiger partial charge is 0.303 e. The van der Waals surface area contributed by atoms with Gasteiger partial charge < -0.3 is 15.0 Å². The van der Waals surface area contributed by atoms with E-state index >= 15 is 0 Å².